The quantitative estimate of drug-likeness (QED) is 0.675. The summed E-state index contributed by atoms with van der Waals surface area (Å²) in [6, 6.07) is 1.59. The Morgan fingerprint density at radius 2 is 2.17 bits per heavy atom. The second-order valence-corrected chi connectivity index (χ2v) is 12.2. The number of hydrogen-bond acceptors (Lipinski definition) is 5. The van der Waals surface area contributed by atoms with Gasteiger partial charge in [-0.1, -0.05) is 26.8 Å². The Morgan fingerprint density at radius 3 is 2.70 bits per heavy atom. The molecule has 1 fully saturated rings. The molecule has 23 heavy (non-hydrogen) atoms. The molecule has 6 nitrogen and oxygen atoms in total. The Kier molecular flexibility index (Phi) is 4.84. The monoisotopic (exact) mass is 337 g/mol. The number of aromatic nitrogens is 2. The van der Waals surface area contributed by atoms with Crippen LogP contribution in [0.5, 0.6) is 0 Å². The van der Waals surface area contributed by atoms with Crippen LogP contribution in [0.3, 0.4) is 0 Å². The zero-order valence-corrected chi connectivity index (χ0v) is 15.6. The van der Waals surface area contributed by atoms with Gasteiger partial charge in [0.25, 0.3) is 0 Å². The van der Waals surface area contributed by atoms with Crippen molar-refractivity contribution >= 4 is 14.1 Å². The molecule has 0 radical (unpaired) electrons. The van der Waals surface area contributed by atoms with E-state index in [1.165, 1.54) is 4.57 Å². The minimum absolute atomic E-state index is 0.108. The molecule has 0 aromatic carbocycles. The van der Waals surface area contributed by atoms with Crippen LogP contribution in [0.2, 0.25) is 18.1 Å². The average molecular weight is 337 g/mol. The third-order valence-electron chi connectivity index (χ3n) is 4.76. The van der Waals surface area contributed by atoms with E-state index in [0.29, 0.717) is 6.42 Å². The summed E-state index contributed by atoms with van der Waals surface area (Å²) in [4.78, 5) is 15.8. The third-order valence-corrected chi connectivity index (χ3v) is 9.27. The molecular formula is C16H27N3O3Si. The molecule has 2 rings (SSSR count). The van der Waals surface area contributed by atoms with Crippen molar-refractivity contribution in [3.63, 3.8) is 0 Å². The van der Waals surface area contributed by atoms with Gasteiger partial charge in [-0.25, -0.2) is 4.79 Å². The molecule has 2 heterocycles. The summed E-state index contributed by atoms with van der Waals surface area (Å²) in [7, 11) is -1.93. The van der Waals surface area contributed by atoms with Gasteiger partial charge in [-0.3, -0.25) is 4.57 Å². The lowest BCUT2D eigenvalue weighted by Crippen LogP contribution is -2.45. The van der Waals surface area contributed by atoms with Crippen molar-refractivity contribution in [2.75, 3.05) is 5.73 Å². The summed E-state index contributed by atoms with van der Waals surface area (Å²) in [5, 5.41) is 0.108. The van der Waals surface area contributed by atoms with Gasteiger partial charge >= 0.3 is 5.69 Å². The molecule has 1 aromatic heterocycles. The molecule has 7 heteroatoms. The highest BCUT2D eigenvalue weighted by atomic mass is 28.4. The Balaban J connectivity index is 2.21. The second-order valence-electron chi connectivity index (χ2n) is 7.49. The fourth-order valence-corrected chi connectivity index (χ4v) is 3.70. The molecule has 0 amide bonds. The van der Waals surface area contributed by atoms with Crippen molar-refractivity contribution in [3.05, 3.63) is 35.4 Å². The molecule has 128 valence electrons. The van der Waals surface area contributed by atoms with E-state index in [1.807, 2.05) is 0 Å². The Morgan fingerprint density at radius 1 is 1.52 bits per heavy atom. The number of nitrogen functional groups attached to an aromatic ring is 1. The number of ether oxygens (including phenoxy) is 1. The van der Waals surface area contributed by atoms with Gasteiger partial charge < -0.3 is 14.9 Å². The predicted octanol–water partition coefficient (Wildman–Crippen LogP) is 2.69. The Labute approximate surface area is 138 Å². The first-order valence-corrected chi connectivity index (χ1v) is 10.8. The molecule has 3 atom stereocenters. The van der Waals surface area contributed by atoms with E-state index in [0.717, 1.165) is 0 Å². The SMILES string of the molecule is C=C[C@H]1O[C@@H](n2ccc(N)nc2=O)C[C@@H]1O[Si](C)(C)C(C)(C)C. The lowest BCUT2D eigenvalue weighted by atomic mass is 10.2. The van der Waals surface area contributed by atoms with Crippen molar-refractivity contribution in [1.29, 1.82) is 0 Å². The predicted molar refractivity (Wildman–Crippen MR) is 93.7 cm³/mol. The highest BCUT2D eigenvalue weighted by molar-refractivity contribution is 6.74. The van der Waals surface area contributed by atoms with Gasteiger partial charge in [-0.15, -0.1) is 6.58 Å². The lowest BCUT2D eigenvalue weighted by Gasteiger charge is -2.39. The maximum Gasteiger partial charge on any atom is 0.351 e. The highest BCUT2D eigenvalue weighted by Crippen LogP contribution is 2.41. The average Bonchev–Trinajstić information content (AvgIpc) is 2.79. The summed E-state index contributed by atoms with van der Waals surface area (Å²) >= 11 is 0. The first kappa shape index (κ1) is 17.9. The van der Waals surface area contributed by atoms with Crippen LogP contribution in [0.25, 0.3) is 0 Å². The number of rotatable bonds is 4. The van der Waals surface area contributed by atoms with E-state index in [-0.39, 0.29) is 23.1 Å². The maximum absolute atomic E-state index is 12.0. The minimum Gasteiger partial charge on any atom is -0.411 e. The van der Waals surface area contributed by atoms with Crippen molar-refractivity contribution in [2.45, 2.75) is 63.8 Å². The van der Waals surface area contributed by atoms with E-state index >= 15 is 0 Å². The van der Waals surface area contributed by atoms with Gasteiger partial charge in [0.2, 0.25) is 0 Å². The number of nitrogens with zero attached hydrogens (tertiary/aromatic N) is 2. The standard InChI is InChI=1S/C16H27N3O3Si/c1-7-11-12(22-23(5,6)16(2,3)4)10-14(21-11)19-9-8-13(17)18-15(19)20/h7-9,11-12,14H,1,10H2,2-6H3,(H2,17,18,20)/t11-,12+,14-/m1/s1. The van der Waals surface area contributed by atoms with E-state index in [1.54, 1.807) is 18.3 Å². The van der Waals surface area contributed by atoms with Crippen LogP contribution in [-0.2, 0) is 9.16 Å². The summed E-state index contributed by atoms with van der Waals surface area (Å²) < 4.78 is 13.9. The lowest BCUT2D eigenvalue weighted by molar-refractivity contribution is 0.00672. The second kappa shape index (κ2) is 6.22. The van der Waals surface area contributed by atoms with Crippen LogP contribution in [0.1, 0.15) is 33.4 Å². The Hall–Kier alpha value is -1.44. The normalized spacial score (nSPS) is 25.5. The number of anilines is 1. The fraction of sp³-hybridized carbons (Fsp3) is 0.625. The van der Waals surface area contributed by atoms with Crippen LogP contribution in [-0.4, -0.2) is 30.1 Å². The van der Waals surface area contributed by atoms with Crippen LogP contribution in [0.4, 0.5) is 5.82 Å². The van der Waals surface area contributed by atoms with E-state index < -0.39 is 20.2 Å². The molecule has 1 saturated heterocycles. The van der Waals surface area contributed by atoms with E-state index in [9.17, 15) is 4.79 Å². The minimum atomic E-state index is -1.93. The topological polar surface area (TPSA) is 79.4 Å². The van der Waals surface area contributed by atoms with Gasteiger partial charge in [0.1, 0.15) is 18.1 Å². The molecule has 1 aromatic rings. The molecule has 0 bridgehead atoms. The number of hydrogen-bond donors (Lipinski definition) is 1. The van der Waals surface area contributed by atoms with Gasteiger partial charge in [0.05, 0.1) is 6.10 Å². The van der Waals surface area contributed by atoms with Gasteiger partial charge in [0, 0.05) is 12.6 Å². The van der Waals surface area contributed by atoms with Crippen LogP contribution in [0, 0.1) is 0 Å². The zero-order chi connectivity index (χ0) is 17.4. The molecule has 0 spiro atoms. The zero-order valence-electron chi connectivity index (χ0n) is 14.6. The van der Waals surface area contributed by atoms with E-state index in [4.69, 9.17) is 14.9 Å². The third kappa shape index (κ3) is 3.73. The van der Waals surface area contributed by atoms with Crippen molar-refractivity contribution < 1.29 is 9.16 Å². The first-order valence-electron chi connectivity index (χ1n) is 7.85. The van der Waals surface area contributed by atoms with Gasteiger partial charge in [0.15, 0.2) is 8.32 Å². The molecular weight excluding hydrogens is 310 g/mol. The van der Waals surface area contributed by atoms with Crippen LogP contribution >= 0.6 is 0 Å². The molecule has 1 aliphatic heterocycles. The summed E-state index contributed by atoms with van der Waals surface area (Å²) in [5.41, 5.74) is 5.13. The van der Waals surface area contributed by atoms with Gasteiger partial charge in [-0.05, 0) is 24.2 Å². The van der Waals surface area contributed by atoms with Crippen LogP contribution < -0.4 is 11.4 Å². The first-order chi connectivity index (χ1) is 10.5. The summed E-state index contributed by atoms with van der Waals surface area (Å²) in [5.74, 6) is 0.207. The maximum atomic E-state index is 12.0. The Bertz CT molecular complexity index is 636. The molecule has 1 aliphatic rings. The molecule has 2 N–H and O–H groups in total. The van der Waals surface area contributed by atoms with Crippen LogP contribution in [0.15, 0.2) is 29.7 Å². The van der Waals surface area contributed by atoms with Gasteiger partial charge in [-0.2, -0.15) is 4.98 Å². The smallest absolute Gasteiger partial charge is 0.351 e. The summed E-state index contributed by atoms with van der Waals surface area (Å²) in [6.07, 6.45) is 3.20. The fourth-order valence-electron chi connectivity index (χ4n) is 2.36. The van der Waals surface area contributed by atoms with Crippen molar-refractivity contribution in [1.82, 2.24) is 9.55 Å². The highest BCUT2D eigenvalue weighted by Gasteiger charge is 2.44. The largest absolute Gasteiger partial charge is 0.411 e. The molecule has 0 aliphatic carbocycles. The van der Waals surface area contributed by atoms with Crippen molar-refractivity contribution in [2.24, 2.45) is 0 Å². The van der Waals surface area contributed by atoms with Crippen molar-refractivity contribution in [3.8, 4) is 0 Å². The molecule has 0 unspecified atom stereocenters. The van der Waals surface area contributed by atoms with E-state index in [2.05, 4.69) is 45.4 Å². The number of nitrogens with two attached hydrogens (primary N) is 1. The molecule has 0 saturated carbocycles. The summed E-state index contributed by atoms with van der Waals surface area (Å²) in [6.45, 7) is 14.8.